The predicted octanol–water partition coefficient (Wildman–Crippen LogP) is -1.37. The Morgan fingerprint density at radius 2 is 1.18 bits per heavy atom. The van der Waals surface area contributed by atoms with E-state index in [2.05, 4.69) is 35.8 Å². The number of nitrogens with one attached hydrogen (secondary N) is 4. The number of hydrogen-bond donors (Lipinski definition) is 7. The average molecular weight is 835 g/mol. The maximum atomic E-state index is 13.8. The van der Waals surface area contributed by atoms with Gasteiger partial charge in [-0.2, -0.15) is 0 Å². The van der Waals surface area contributed by atoms with E-state index >= 15 is 0 Å². The second-order valence-electron chi connectivity index (χ2n) is 13.1. The van der Waals surface area contributed by atoms with Gasteiger partial charge in [0.2, 0.25) is 23.6 Å². The van der Waals surface area contributed by atoms with Gasteiger partial charge in [0.15, 0.2) is 0 Å². The van der Waals surface area contributed by atoms with Crippen LogP contribution < -0.4 is 39.0 Å². The molecule has 0 bridgehead atoms. The van der Waals surface area contributed by atoms with Crippen LogP contribution in [0.3, 0.4) is 0 Å². The molecule has 0 saturated heterocycles. The fraction of sp³-hybridized carbons (Fsp3) is 0.714. The summed E-state index contributed by atoms with van der Waals surface area (Å²) in [5.41, 5.74) is 1.59. The van der Waals surface area contributed by atoms with Crippen LogP contribution in [0.4, 0.5) is 0 Å². The first-order valence-corrected chi connectivity index (χ1v) is 20.9. The molecule has 57 heavy (non-hydrogen) atoms. The molecule has 10 N–H and O–H groups in total. The zero-order valence-electron chi connectivity index (χ0n) is 33.1. The molecule has 1 unspecified atom stereocenters. The van der Waals surface area contributed by atoms with Gasteiger partial charge in [-0.1, -0.05) is 24.3 Å². The van der Waals surface area contributed by atoms with E-state index in [0.717, 1.165) is 11.1 Å². The molecule has 2 atom stereocenters. The summed E-state index contributed by atoms with van der Waals surface area (Å²) in [6.07, 6.45) is 2.37. The first kappa shape index (κ1) is 50.0. The summed E-state index contributed by atoms with van der Waals surface area (Å²) in [5, 5.41) is 11.3. The second kappa shape index (κ2) is 30.0. The number of benzene rings is 1. The van der Waals surface area contributed by atoms with E-state index in [0.29, 0.717) is 32.2 Å². The van der Waals surface area contributed by atoms with E-state index in [9.17, 15) is 23.7 Å². The van der Waals surface area contributed by atoms with Crippen molar-refractivity contribution in [3.8, 4) is 0 Å². The summed E-state index contributed by atoms with van der Waals surface area (Å²) in [5.74, 6) is 13.5. The highest BCUT2D eigenvalue weighted by Gasteiger charge is 2.31. The molecule has 1 aromatic carbocycles. The summed E-state index contributed by atoms with van der Waals surface area (Å²) >= 11 is 0. The molecule has 21 nitrogen and oxygen atoms in total. The number of nitrogens with two attached hydrogens (primary N) is 3. The number of amides is 4. The monoisotopic (exact) mass is 834 g/mol. The Labute approximate surface area is 334 Å². The van der Waals surface area contributed by atoms with Crippen LogP contribution in [0.2, 0.25) is 0 Å². The highest BCUT2D eigenvalue weighted by atomic mass is 31.2. The number of hydrogen-bond acceptors (Lipinski definition) is 17. The molecule has 1 fully saturated rings. The molecule has 22 heteroatoms. The Bertz CT molecular complexity index is 1310. The van der Waals surface area contributed by atoms with Gasteiger partial charge in [-0.3, -0.25) is 28.6 Å². The predicted molar refractivity (Wildman–Crippen MR) is 207 cm³/mol. The summed E-state index contributed by atoms with van der Waals surface area (Å²) in [6, 6.07) is 6.41. The zero-order chi connectivity index (χ0) is 41.7. The van der Waals surface area contributed by atoms with Crippen LogP contribution in [0.25, 0.3) is 0 Å². The van der Waals surface area contributed by atoms with E-state index in [1.54, 1.807) is 0 Å². The number of carbonyl (C=O) groups is 4. The molecular formula is C35H63N8O13P. The van der Waals surface area contributed by atoms with Gasteiger partial charge in [-0.05, 0) is 43.2 Å². The summed E-state index contributed by atoms with van der Waals surface area (Å²) in [7, 11) is -1.75. The molecule has 1 saturated carbocycles. The van der Waals surface area contributed by atoms with Crippen molar-refractivity contribution in [3.63, 3.8) is 0 Å². The molecule has 2 rings (SSSR count). The van der Waals surface area contributed by atoms with Crippen molar-refractivity contribution >= 4 is 31.2 Å². The van der Waals surface area contributed by atoms with Crippen molar-refractivity contribution in [1.29, 1.82) is 0 Å². The van der Waals surface area contributed by atoms with E-state index in [4.69, 9.17) is 40.9 Å². The van der Waals surface area contributed by atoms with E-state index < -0.39 is 31.4 Å². The smallest absolute Gasteiger partial charge is 0.327 e. The van der Waals surface area contributed by atoms with Crippen molar-refractivity contribution < 1.29 is 61.5 Å². The molecule has 1 aliphatic rings. The van der Waals surface area contributed by atoms with Crippen LogP contribution in [-0.2, 0) is 74.5 Å². The van der Waals surface area contributed by atoms with Crippen LogP contribution in [0.5, 0.6) is 0 Å². The van der Waals surface area contributed by atoms with Crippen LogP contribution in [0.1, 0.15) is 36.8 Å². The Hall–Kier alpha value is -3.15. The van der Waals surface area contributed by atoms with Crippen molar-refractivity contribution in [2.24, 2.45) is 23.6 Å². The summed E-state index contributed by atoms with van der Waals surface area (Å²) in [6.45, 7) is 3.54. The Balaban J connectivity index is 2.13. The highest BCUT2D eigenvalue weighted by molar-refractivity contribution is 7.52. The normalized spacial score (nSPS) is 17.1. The average Bonchev–Trinajstić information content (AvgIpc) is 3.20. The molecular weight excluding hydrogens is 771 g/mol. The lowest BCUT2D eigenvalue weighted by Crippen LogP contribution is -2.54. The summed E-state index contributed by atoms with van der Waals surface area (Å²) in [4.78, 5) is 68.0. The number of carbonyl (C=O) groups excluding carboxylic acids is 4. The SMILES string of the molecule is COP(C)(=O)O[C@H]1CC[C@H](C(=O)NCc2ccc(C[C@H](C(=O)NCCOCCON)N(CC(=O)NCCOCCON)CC(=O)NCCOCCON)cc2)CC1. The van der Waals surface area contributed by atoms with Crippen molar-refractivity contribution in [2.45, 2.75) is 50.8 Å². The maximum absolute atomic E-state index is 13.8. The van der Waals surface area contributed by atoms with Gasteiger partial charge < -0.3 is 59.0 Å². The van der Waals surface area contributed by atoms with E-state index in [1.165, 1.54) is 18.7 Å². The molecule has 0 aliphatic heterocycles. The first-order valence-electron chi connectivity index (χ1n) is 18.9. The third-order valence-electron chi connectivity index (χ3n) is 8.79. The lowest BCUT2D eigenvalue weighted by atomic mass is 9.87. The van der Waals surface area contributed by atoms with Gasteiger partial charge in [0.1, 0.15) is 0 Å². The van der Waals surface area contributed by atoms with Crippen LogP contribution in [0.15, 0.2) is 24.3 Å². The highest BCUT2D eigenvalue weighted by Crippen LogP contribution is 2.46. The zero-order valence-corrected chi connectivity index (χ0v) is 34.0. The Morgan fingerprint density at radius 3 is 1.65 bits per heavy atom. The lowest BCUT2D eigenvalue weighted by molar-refractivity contribution is -0.132. The molecule has 1 aliphatic carbocycles. The summed E-state index contributed by atoms with van der Waals surface area (Å²) < 4.78 is 38.8. The first-order chi connectivity index (χ1) is 27.5. The molecule has 326 valence electrons. The number of rotatable bonds is 32. The van der Waals surface area contributed by atoms with Crippen molar-refractivity contribution in [1.82, 2.24) is 26.2 Å². The lowest BCUT2D eigenvalue weighted by Gasteiger charge is -2.30. The molecule has 0 radical (unpaired) electrons. The fourth-order valence-corrected chi connectivity index (χ4v) is 6.59. The van der Waals surface area contributed by atoms with Gasteiger partial charge in [0, 0.05) is 45.9 Å². The number of ether oxygens (including phenoxy) is 3. The minimum atomic E-state index is -3.10. The van der Waals surface area contributed by atoms with Crippen LogP contribution in [0, 0.1) is 5.92 Å². The van der Waals surface area contributed by atoms with Crippen LogP contribution >= 0.6 is 7.60 Å². The van der Waals surface area contributed by atoms with E-state index in [1.807, 2.05) is 24.3 Å². The molecule has 0 spiro atoms. The van der Waals surface area contributed by atoms with E-state index in [-0.39, 0.29) is 117 Å². The van der Waals surface area contributed by atoms with Gasteiger partial charge in [-0.25, -0.2) is 17.7 Å². The molecule has 0 heterocycles. The molecule has 1 aromatic rings. The topological polar surface area (TPSA) is 289 Å². The third kappa shape index (κ3) is 22.5. The standard InChI is InChI=1S/C35H63N8O13P/c1-49-57(2,48)56-30-9-7-29(8-10-30)34(46)42-24-28-5-3-27(4-6-28)23-31(35(47)41-13-16-52-19-22-55-38)43(25-32(44)39-11-14-50-17-20-53-36)26-33(45)40-12-15-51-18-21-54-37/h3-6,29-31H,7-26,36-38H2,1-2H3,(H,39,44)(H,40,45)(H,41,47)(H,42,46)/t29-,30-,31-,57?/m1/s1. The maximum Gasteiger partial charge on any atom is 0.327 e. The van der Waals surface area contributed by atoms with Crippen LogP contribution in [-0.4, -0.2) is 147 Å². The fourth-order valence-electron chi connectivity index (χ4n) is 5.76. The largest absolute Gasteiger partial charge is 0.377 e. The minimum absolute atomic E-state index is 0.0697. The number of nitrogens with zero attached hydrogens (tertiary/aromatic N) is 1. The molecule has 0 aromatic heterocycles. The Kier molecular flexibility index (Phi) is 26.3. The van der Waals surface area contributed by atoms with Gasteiger partial charge in [0.25, 0.3) is 0 Å². The third-order valence-corrected chi connectivity index (χ3v) is 10.1. The van der Waals surface area contributed by atoms with Gasteiger partial charge >= 0.3 is 7.60 Å². The molecule has 4 amide bonds. The van der Waals surface area contributed by atoms with Crippen molar-refractivity contribution in [3.05, 3.63) is 35.4 Å². The minimum Gasteiger partial charge on any atom is -0.377 e. The van der Waals surface area contributed by atoms with Crippen molar-refractivity contribution in [2.75, 3.05) is 106 Å². The van der Waals surface area contributed by atoms with Gasteiger partial charge in [0.05, 0.1) is 84.7 Å². The quantitative estimate of drug-likeness (QED) is 0.0250. The van der Waals surface area contributed by atoms with Gasteiger partial charge in [-0.15, -0.1) is 0 Å². The Morgan fingerprint density at radius 1 is 0.702 bits per heavy atom. The second-order valence-corrected chi connectivity index (χ2v) is 15.3.